The molecule has 138 valence electrons. The van der Waals surface area contributed by atoms with Gasteiger partial charge in [0, 0.05) is 0 Å². The molecule has 7 nitrogen and oxygen atoms in total. The first-order valence-corrected chi connectivity index (χ1v) is 8.84. The molecule has 0 saturated carbocycles. The van der Waals surface area contributed by atoms with Crippen LogP contribution in [0.3, 0.4) is 0 Å². The first-order valence-electron chi connectivity index (χ1n) is 8.02. The third kappa shape index (κ3) is 4.66. The van der Waals surface area contributed by atoms with Crippen LogP contribution >= 0.6 is 11.3 Å². The van der Waals surface area contributed by atoms with Crippen molar-refractivity contribution in [1.29, 1.82) is 5.41 Å². The van der Waals surface area contributed by atoms with Crippen molar-refractivity contribution in [2.75, 3.05) is 19.0 Å². The molecular weight excluding hydrogens is 354 g/mol. The number of hydrogen-bond donors (Lipinski definition) is 2. The molecule has 0 saturated heterocycles. The minimum Gasteiger partial charge on any atom is -0.498 e. The van der Waals surface area contributed by atoms with Crippen molar-refractivity contribution in [3.63, 3.8) is 0 Å². The van der Waals surface area contributed by atoms with Gasteiger partial charge in [0.05, 0.1) is 41.6 Å². The largest absolute Gasteiger partial charge is 0.498 e. The molecule has 0 spiro atoms. The summed E-state index contributed by atoms with van der Waals surface area (Å²) in [5, 5.41) is 11.2. The number of allylic oxidation sites excluding steroid dienone is 1. The summed E-state index contributed by atoms with van der Waals surface area (Å²) >= 11 is 1.34. The lowest BCUT2D eigenvalue weighted by molar-refractivity contribution is -0.139. The third-order valence-electron chi connectivity index (χ3n) is 3.55. The summed E-state index contributed by atoms with van der Waals surface area (Å²) in [6, 6.07) is 5.85. The number of aromatic nitrogens is 1. The van der Waals surface area contributed by atoms with Crippen LogP contribution in [0.25, 0.3) is 10.2 Å². The van der Waals surface area contributed by atoms with E-state index in [9.17, 15) is 9.59 Å². The molecule has 1 aromatic heterocycles. The lowest BCUT2D eigenvalue weighted by Gasteiger charge is -2.12. The maximum Gasteiger partial charge on any atom is 0.311 e. The molecule has 26 heavy (non-hydrogen) atoms. The molecule has 0 atom stereocenters. The van der Waals surface area contributed by atoms with Gasteiger partial charge in [-0.05, 0) is 38.5 Å². The first-order chi connectivity index (χ1) is 12.3. The van der Waals surface area contributed by atoms with E-state index in [0.717, 1.165) is 15.8 Å². The lowest BCUT2D eigenvalue weighted by Crippen LogP contribution is -2.24. The molecule has 0 radical (unpaired) electrons. The number of aryl methyl sites for hydroxylation is 1. The highest BCUT2D eigenvalue weighted by atomic mass is 32.1. The number of nitrogens with zero attached hydrogens (tertiary/aromatic N) is 1. The van der Waals surface area contributed by atoms with Gasteiger partial charge in [-0.1, -0.05) is 17.4 Å². The van der Waals surface area contributed by atoms with Gasteiger partial charge in [-0.2, -0.15) is 0 Å². The fourth-order valence-corrected chi connectivity index (χ4v) is 3.19. The summed E-state index contributed by atoms with van der Waals surface area (Å²) < 4.78 is 10.9. The molecule has 0 aliphatic heterocycles. The van der Waals surface area contributed by atoms with Gasteiger partial charge < -0.3 is 14.9 Å². The van der Waals surface area contributed by atoms with Crippen LogP contribution in [-0.4, -0.2) is 36.3 Å². The Morgan fingerprint density at radius 3 is 2.73 bits per heavy atom. The number of thiazole rings is 1. The quantitative estimate of drug-likeness (QED) is 0.334. The second-order valence-corrected chi connectivity index (χ2v) is 6.57. The second kappa shape index (κ2) is 8.57. The van der Waals surface area contributed by atoms with Gasteiger partial charge in [-0.15, -0.1) is 0 Å². The number of fused-ring (bicyclic) bond motifs is 1. The molecule has 2 rings (SSSR count). The van der Waals surface area contributed by atoms with Gasteiger partial charge in [0.1, 0.15) is 5.76 Å². The maximum atomic E-state index is 12.7. The Labute approximate surface area is 155 Å². The average Bonchev–Trinajstić information content (AvgIpc) is 2.96. The maximum absolute atomic E-state index is 12.7. The highest BCUT2D eigenvalue weighted by molar-refractivity contribution is 7.22. The SMILES string of the molecule is CCO/C(C)=C(\C(=N)CC(=O)OC)C(=O)Nc1nc2cc(C)ccc2s1. The molecular formula is C18H21N3O4S. The number of esters is 1. The van der Waals surface area contributed by atoms with E-state index in [1.54, 1.807) is 13.8 Å². The van der Waals surface area contributed by atoms with Crippen LogP contribution < -0.4 is 5.32 Å². The van der Waals surface area contributed by atoms with E-state index >= 15 is 0 Å². The van der Waals surface area contributed by atoms with Crippen molar-refractivity contribution in [3.05, 3.63) is 35.1 Å². The first kappa shape index (κ1) is 19.6. The molecule has 1 amide bonds. The van der Waals surface area contributed by atoms with Crippen molar-refractivity contribution in [3.8, 4) is 0 Å². The molecule has 8 heteroatoms. The zero-order valence-corrected chi connectivity index (χ0v) is 16.0. The summed E-state index contributed by atoms with van der Waals surface area (Å²) in [4.78, 5) is 28.6. The van der Waals surface area contributed by atoms with Gasteiger partial charge in [0.15, 0.2) is 5.13 Å². The lowest BCUT2D eigenvalue weighted by atomic mass is 10.1. The Bertz CT molecular complexity index is 886. The Morgan fingerprint density at radius 1 is 1.35 bits per heavy atom. The number of nitrogens with one attached hydrogen (secondary N) is 2. The van der Waals surface area contributed by atoms with Crippen LogP contribution in [-0.2, 0) is 19.1 Å². The normalized spacial score (nSPS) is 11.7. The topological polar surface area (TPSA) is 101 Å². The summed E-state index contributed by atoms with van der Waals surface area (Å²) in [6.07, 6.45) is -0.317. The number of benzene rings is 1. The smallest absolute Gasteiger partial charge is 0.311 e. The van der Waals surface area contributed by atoms with Gasteiger partial charge in [-0.3, -0.25) is 14.9 Å². The van der Waals surface area contributed by atoms with E-state index < -0.39 is 11.9 Å². The summed E-state index contributed by atoms with van der Waals surface area (Å²) in [7, 11) is 1.23. The molecule has 2 N–H and O–H groups in total. The van der Waals surface area contributed by atoms with E-state index in [-0.39, 0.29) is 23.5 Å². The summed E-state index contributed by atoms with van der Waals surface area (Å²) in [6.45, 7) is 5.68. The average molecular weight is 375 g/mol. The summed E-state index contributed by atoms with van der Waals surface area (Å²) in [5.74, 6) is -0.864. The molecule has 0 unspecified atom stereocenters. The van der Waals surface area contributed by atoms with Gasteiger partial charge >= 0.3 is 5.97 Å². The predicted molar refractivity (Wildman–Crippen MR) is 102 cm³/mol. The number of carbonyl (C=O) groups excluding carboxylic acids is 2. The van der Waals surface area contributed by atoms with E-state index in [2.05, 4.69) is 15.0 Å². The molecule has 1 aromatic carbocycles. The van der Waals surface area contributed by atoms with Gasteiger partial charge in [0.2, 0.25) is 0 Å². The van der Waals surface area contributed by atoms with E-state index in [1.807, 2.05) is 25.1 Å². The van der Waals surface area contributed by atoms with Crippen LogP contribution in [0.4, 0.5) is 5.13 Å². The van der Waals surface area contributed by atoms with Gasteiger partial charge in [0.25, 0.3) is 5.91 Å². The molecule has 2 aromatic rings. The summed E-state index contributed by atoms with van der Waals surface area (Å²) in [5.41, 5.74) is 1.71. The van der Waals surface area contributed by atoms with E-state index in [0.29, 0.717) is 11.7 Å². The number of amides is 1. The molecule has 0 fully saturated rings. The van der Waals surface area contributed by atoms with Crippen LogP contribution in [0.1, 0.15) is 25.8 Å². The van der Waals surface area contributed by atoms with Crippen LogP contribution in [0.2, 0.25) is 0 Å². The van der Waals surface area contributed by atoms with Crippen molar-refractivity contribution in [2.24, 2.45) is 0 Å². The minimum absolute atomic E-state index is 0.00712. The fraction of sp³-hybridized carbons (Fsp3) is 0.333. The highest BCUT2D eigenvalue weighted by Gasteiger charge is 2.23. The van der Waals surface area contributed by atoms with Crippen LogP contribution in [0.5, 0.6) is 0 Å². The molecule has 0 aliphatic rings. The Balaban J connectivity index is 2.28. The van der Waals surface area contributed by atoms with Crippen LogP contribution in [0, 0.1) is 12.3 Å². The minimum atomic E-state index is -0.597. The van der Waals surface area contributed by atoms with Crippen molar-refractivity contribution in [1.82, 2.24) is 4.98 Å². The van der Waals surface area contributed by atoms with E-state index in [4.69, 9.17) is 10.1 Å². The fourth-order valence-electron chi connectivity index (χ4n) is 2.35. The second-order valence-electron chi connectivity index (χ2n) is 5.54. The number of hydrogen-bond acceptors (Lipinski definition) is 7. The molecule has 0 aliphatic carbocycles. The predicted octanol–water partition coefficient (Wildman–Crippen LogP) is 3.44. The number of anilines is 1. The van der Waals surface area contributed by atoms with Crippen molar-refractivity contribution < 1.29 is 19.1 Å². The number of methoxy groups -OCH3 is 1. The highest BCUT2D eigenvalue weighted by Crippen LogP contribution is 2.27. The van der Waals surface area contributed by atoms with Crippen LogP contribution in [0.15, 0.2) is 29.5 Å². The molecule has 0 bridgehead atoms. The van der Waals surface area contributed by atoms with E-state index in [1.165, 1.54) is 18.4 Å². The zero-order valence-electron chi connectivity index (χ0n) is 15.1. The molecule has 1 heterocycles. The third-order valence-corrected chi connectivity index (χ3v) is 4.51. The van der Waals surface area contributed by atoms with Crippen molar-refractivity contribution >= 4 is 44.3 Å². The zero-order chi connectivity index (χ0) is 19.3. The number of ether oxygens (including phenoxy) is 2. The Kier molecular flexibility index (Phi) is 6.46. The number of carbonyl (C=O) groups is 2. The number of rotatable bonds is 7. The van der Waals surface area contributed by atoms with Crippen molar-refractivity contribution in [2.45, 2.75) is 27.2 Å². The standard InChI is InChI=1S/C18H21N3O4S/c1-5-25-11(3)16(12(19)9-15(22)24-4)17(23)21-18-20-13-8-10(2)6-7-14(13)26-18/h6-8,19H,5,9H2,1-4H3,(H,20,21,23)/b16-11+,19-12?. The van der Waals surface area contributed by atoms with Gasteiger partial charge in [-0.25, -0.2) is 4.98 Å². The monoisotopic (exact) mass is 375 g/mol. The Morgan fingerprint density at radius 2 is 2.08 bits per heavy atom. The Hall–Kier alpha value is -2.74.